The molecule has 1 amide bonds. The summed E-state index contributed by atoms with van der Waals surface area (Å²) in [5.41, 5.74) is 7.60. The molecule has 0 aliphatic heterocycles. The Morgan fingerprint density at radius 1 is 1.38 bits per heavy atom. The number of nitrogen functional groups attached to an aromatic ring is 1. The maximum Gasteiger partial charge on any atom is 0.270 e. The van der Waals surface area contributed by atoms with Gasteiger partial charge in [0.2, 0.25) is 0 Å². The Morgan fingerprint density at radius 3 is 3.00 bits per heavy atom. The fraction of sp³-hybridized carbons (Fsp3) is 0.375. The van der Waals surface area contributed by atoms with Crippen LogP contribution in [0.4, 0.5) is 5.69 Å². The molecule has 1 aliphatic rings. The van der Waals surface area contributed by atoms with Crippen molar-refractivity contribution in [2.45, 2.75) is 12.8 Å². The van der Waals surface area contributed by atoms with Gasteiger partial charge in [-0.15, -0.1) is 0 Å². The Morgan fingerprint density at radius 2 is 2.19 bits per heavy atom. The van der Waals surface area contributed by atoms with Crippen LogP contribution in [0.25, 0.3) is 10.9 Å². The van der Waals surface area contributed by atoms with E-state index in [0.29, 0.717) is 24.5 Å². The summed E-state index contributed by atoms with van der Waals surface area (Å²) >= 11 is 0. The lowest BCUT2D eigenvalue weighted by molar-refractivity contribution is 0.0902. The minimum atomic E-state index is -0.220. The lowest BCUT2D eigenvalue weighted by Gasteiger charge is -2.08. The normalized spacial score (nSPS) is 14.3. The van der Waals surface area contributed by atoms with E-state index in [1.807, 2.05) is 24.3 Å². The van der Waals surface area contributed by atoms with Gasteiger partial charge in [0.25, 0.3) is 5.91 Å². The third kappa shape index (κ3) is 3.49. The third-order valence-electron chi connectivity index (χ3n) is 3.56. The molecule has 1 saturated carbocycles. The fourth-order valence-electron chi connectivity index (χ4n) is 2.18. The lowest BCUT2D eigenvalue weighted by atomic mass is 10.1. The van der Waals surface area contributed by atoms with Crippen molar-refractivity contribution in [3.63, 3.8) is 0 Å². The van der Waals surface area contributed by atoms with E-state index < -0.39 is 0 Å². The van der Waals surface area contributed by atoms with Gasteiger partial charge >= 0.3 is 0 Å². The minimum absolute atomic E-state index is 0.220. The van der Waals surface area contributed by atoms with Gasteiger partial charge in [-0.1, -0.05) is 18.2 Å². The molecule has 21 heavy (non-hydrogen) atoms. The second-order valence-corrected chi connectivity index (χ2v) is 5.39. The van der Waals surface area contributed by atoms with Gasteiger partial charge in [-0.2, -0.15) is 0 Å². The number of rotatable bonds is 6. The number of anilines is 1. The van der Waals surface area contributed by atoms with Crippen molar-refractivity contribution in [1.29, 1.82) is 0 Å². The molecule has 0 bridgehead atoms. The highest BCUT2D eigenvalue weighted by Crippen LogP contribution is 2.28. The van der Waals surface area contributed by atoms with E-state index in [2.05, 4.69) is 10.3 Å². The highest BCUT2D eigenvalue weighted by Gasteiger charge is 2.20. The van der Waals surface area contributed by atoms with Crippen molar-refractivity contribution in [3.8, 4) is 0 Å². The number of fused-ring (bicyclic) bond motifs is 1. The van der Waals surface area contributed by atoms with E-state index in [4.69, 9.17) is 10.5 Å². The highest BCUT2D eigenvalue weighted by atomic mass is 16.5. The van der Waals surface area contributed by atoms with Crippen molar-refractivity contribution in [2.75, 3.05) is 25.5 Å². The number of carbonyl (C=O) groups is 1. The molecule has 3 rings (SSSR count). The average Bonchev–Trinajstić information content (AvgIpc) is 3.31. The number of aromatic nitrogens is 1. The number of hydrogen-bond donors (Lipinski definition) is 2. The molecule has 0 atom stereocenters. The van der Waals surface area contributed by atoms with Crippen LogP contribution in [0, 0.1) is 5.92 Å². The third-order valence-corrected chi connectivity index (χ3v) is 3.56. The van der Waals surface area contributed by atoms with Crippen molar-refractivity contribution >= 4 is 22.5 Å². The first-order valence-electron chi connectivity index (χ1n) is 7.25. The van der Waals surface area contributed by atoms with Crippen molar-refractivity contribution in [1.82, 2.24) is 10.3 Å². The zero-order chi connectivity index (χ0) is 14.7. The van der Waals surface area contributed by atoms with Crippen LogP contribution in [0.5, 0.6) is 0 Å². The molecule has 2 aromatic rings. The number of carbonyl (C=O) groups excluding carboxylic acids is 1. The molecule has 0 unspecified atom stereocenters. The first-order chi connectivity index (χ1) is 10.2. The van der Waals surface area contributed by atoms with Gasteiger partial charge in [-0.25, -0.2) is 4.98 Å². The molecule has 0 spiro atoms. The quantitative estimate of drug-likeness (QED) is 0.796. The molecular weight excluding hydrogens is 266 g/mol. The van der Waals surface area contributed by atoms with Crippen LogP contribution in [0.1, 0.15) is 23.3 Å². The van der Waals surface area contributed by atoms with Gasteiger partial charge in [0.1, 0.15) is 5.69 Å². The van der Waals surface area contributed by atoms with E-state index in [1.54, 1.807) is 6.07 Å². The average molecular weight is 285 g/mol. The molecular formula is C16H19N3O2. The van der Waals surface area contributed by atoms with E-state index in [9.17, 15) is 4.79 Å². The lowest BCUT2D eigenvalue weighted by Crippen LogP contribution is -2.28. The number of nitrogens with one attached hydrogen (secondary N) is 1. The molecule has 0 radical (unpaired) electrons. The number of amides is 1. The number of nitrogens with zero attached hydrogens (tertiary/aromatic N) is 1. The number of ether oxygens (including phenoxy) is 1. The van der Waals surface area contributed by atoms with Crippen LogP contribution in [0.15, 0.2) is 30.3 Å². The summed E-state index contributed by atoms with van der Waals surface area (Å²) in [6.07, 6.45) is 2.54. The molecule has 1 fully saturated rings. The zero-order valence-corrected chi connectivity index (χ0v) is 11.8. The maximum absolute atomic E-state index is 12.1. The second-order valence-electron chi connectivity index (χ2n) is 5.39. The molecule has 1 aliphatic carbocycles. The summed E-state index contributed by atoms with van der Waals surface area (Å²) in [6, 6.07) is 9.13. The Kier molecular flexibility index (Phi) is 4.01. The first-order valence-corrected chi connectivity index (χ1v) is 7.25. The van der Waals surface area contributed by atoms with Crippen LogP contribution >= 0.6 is 0 Å². The fourth-order valence-corrected chi connectivity index (χ4v) is 2.18. The topological polar surface area (TPSA) is 77.2 Å². The van der Waals surface area contributed by atoms with Crippen LogP contribution in [-0.4, -0.2) is 30.6 Å². The number of benzene rings is 1. The van der Waals surface area contributed by atoms with E-state index in [1.165, 1.54) is 12.8 Å². The van der Waals surface area contributed by atoms with Crippen LogP contribution in [0.3, 0.4) is 0 Å². The van der Waals surface area contributed by atoms with Crippen molar-refractivity contribution in [2.24, 2.45) is 5.92 Å². The van der Waals surface area contributed by atoms with Crippen LogP contribution < -0.4 is 11.1 Å². The second kappa shape index (κ2) is 6.10. The zero-order valence-electron chi connectivity index (χ0n) is 11.8. The van der Waals surface area contributed by atoms with Gasteiger partial charge in [0.15, 0.2) is 0 Å². The number of para-hydroxylation sites is 1. The van der Waals surface area contributed by atoms with Crippen LogP contribution in [0.2, 0.25) is 0 Å². The number of nitrogens with two attached hydrogens (primary N) is 1. The Hall–Kier alpha value is -2.14. The number of pyridine rings is 1. The van der Waals surface area contributed by atoms with Gasteiger partial charge in [-0.3, -0.25) is 4.79 Å². The van der Waals surface area contributed by atoms with Crippen molar-refractivity contribution < 1.29 is 9.53 Å². The summed E-state index contributed by atoms with van der Waals surface area (Å²) in [5, 5.41) is 3.67. The van der Waals surface area contributed by atoms with Crippen molar-refractivity contribution in [3.05, 3.63) is 36.0 Å². The highest BCUT2D eigenvalue weighted by molar-refractivity contribution is 5.99. The van der Waals surface area contributed by atoms with E-state index >= 15 is 0 Å². The van der Waals surface area contributed by atoms with Gasteiger partial charge in [-0.05, 0) is 30.9 Å². The predicted octanol–water partition coefficient (Wildman–Crippen LogP) is 1.97. The first kappa shape index (κ1) is 13.8. The number of hydrogen-bond acceptors (Lipinski definition) is 4. The molecule has 110 valence electrons. The molecule has 1 aromatic carbocycles. The Balaban J connectivity index is 1.58. The maximum atomic E-state index is 12.1. The van der Waals surface area contributed by atoms with E-state index in [-0.39, 0.29) is 5.91 Å². The molecule has 1 heterocycles. The monoisotopic (exact) mass is 285 g/mol. The molecule has 5 heteroatoms. The van der Waals surface area contributed by atoms with E-state index in [0.717, 1.165) is 23.4 Å². The molecule has 5 nitrogen and oxygen atoms in total. The van der Waals surface area contributed by atoms with Gasteiger partial charge in [0, 0.05) is 24.2 Å². The molecule has 3 N–H and O–H groups in total. The predicted molar refractivity (Wildman–Crippen MR) is 82.0 cm³/mol. The summed E-state index contributed by atoms with van der Waals surface area (Å²) in [5.74, 6) is 0.519. The summed E-state index contributed by atoms with van der Waals surface area (Å²) < 4.78 is 5.48. The van der Waals surface area contributed by atoms with Gasteiger partial charge in [0.05, 0.1) is 12.1 Å². The largest absolute Gasteiger partial charge is 0.398 e. The smallest absolute Gasteiger partial charge is 0.270 e. The summed E-state index contributed by atoms with van der Waals surface area (Å²) in [7, 11) is 0. The summed E-state index contributed by atoms with van der Waals surface area (Å²) in [6.45, 7) is 1.82. The standard InChI is InChI=1S/C16H19N3O2/c17-13-9-15(19-14-4-2-1-3-12(13)14)16(20)18-7-8-21-10-11-5-6-11/h1-4,9,11H,5-8,10H2,(H2,17,19)(H,18,20). The Labute approximate surface area is 123 Å². The molecule has 1 aromatic heterocycles. The van der Waals surface area contributed by atoms with Crippen LogP contribution in [-0.2, 0) is 4.74 Å². The Bertz CT molecular complexity index is 653. The van der Waals surface area contributed by atoms with Gasteiger partial charge < -0.3 is 15.8 Å². The SMILES string of the molecule is Nc1cc(C(=O)NCCOCC2CC2)nc2ccccc12. The minimum Gasteiger partial charge on any atom is -0.398 e. The molecule has 0 saturated heterocycles. The summed E-state index contributed by atoms with van der Waals surface area (Å²) in [4.78, 5) is 16.4.